The van der Waals surface area contributed by atoms with Crippen LogP contribution in [0.4, 0.5) is 5.88 Å². The van der Waals surface area contributed by atoms with Gasteiger partial charge in [-0.2, -0.15) is 10.2 Å². The Kier molecular flexibility index (Phi) is 3.75. The van der Waals surface area contributed by atoms with E-state index in [2.05, 4.69) is 16.4 Å². The van der Waals surface area contributed by atoms with Crippen LogP contribution in [0.5, 0.6) is 11.5 Å². The van der Waals surface area contributed by atoms with Gasteiger partial charge in [-0.1, -0.05) is 23.8 Å². The normalized spacial score (nSPS) is 12.0. The van der Waals surface area contributed by atoms with Crippen molar-refractivity contribution in [3.63, 3.8) is 0 Å². The predicted octanol–water partition coefficient (Wildman–Crippen LogP) is 3.86. The Morgan fingerprint density at radius 2 is 2.04 bits per heavy atom. The van der Waals surface area contributed by atoms with Crippen molar-refractivity contribution in [3.05, 3.63) is 59.3 Å². The Bertz CT molecular complexity index is 972. The molecule has 0 saturated carbocycles. The van der Waals surface area contributed by atoms with Gasteiger partial charge >= 0.3 is 0 Å². The number of anilines is 1. The maximum Gasteiger partial charge on any atom is 0.232 e. The molecule has 2 aromatic carbocycles. The van der Waals surface area contributed by atoms with E-state index < -0.39 is 0 Å². The van der Waals surface area contributed by atoms with Crippen molar-refractivity contribution in [1.29, 1.82) is 5.26 Å². The standard InChI is InChI=1S/C19H15N3O3/c1-12-3-2-4-14(7-12)18-22-15(9-20)19(25-18)21-10-13-5-6-16-17(8-13)24-11-23-16/h2-8,21H,10-11H2,1H3. The van der Waals surface area contributed by atoms with Crippen LogP contribution in [0.25, 0.3) is 11.5 Å². The van der Waals surface area contributed by atoms with Crippen molar-refractivity contribution in [1.82, 2.24) is 4.98 Å². The van der Waals surface area contributed by atoms with Gasteiger partial charge in [0.25, 0.3) is 0 Å². The van der Waals surface area contributed by atoms with Crippen LogP contribution in [0, 0.1) is 18.3 Å². The maximum absolute atomic E-state index is 9.31. The summed E-state index contributed by atoms with van der Waals surface area (Å²) in [6.07, 6.45) is 0. The lowest BCUT2D eigenvalue weighted by Gasteiger charge is -2.04. The number of oxazole rings is 1. The lowest BCUT2D eigenvalue weighted by Crippen LogP contribution is -1.99. The molecule has 0 amide bonds. The molecule has 3 aromatic rings. The van der Waals surface area contributed by atoms with E-state index in [4.69, 9.17) is 13.9 Å². The molecule has 0 bridgehead atoms. The molecule has 25 heavy (non-hydrogen) atoms. The highest BCUT2D eigenvalue weighted by molar-refractivity contribution is 5.59. The molecule has 2 heterocycles. The van der Waals surface area contributed by atoms with Crippen LogP contribution in [-0.4, -0.2) is 11.8 Å². The second kappa shape index (κ2) is 6.21. The Hall–Kier alpha value is -3.46. The molecule has 124 valence electrons. The number of aromatic nitrogens is 1. The summed E-state index contributed by atoms with van der Waals surface area (Å²) in [6, 6.07) is 15.6. The molecular formula is C19H15N3O3. The molecular weight excluding hydrogens is 318 g/mol. The van der Waals surface area contributed by atoms with E-state index in [1.54, 1.807) is 0 Å². The van der Waals surface area contributed by atoms with E-state index in [9.17, 15) is 5.26 Å². The fraction of sp³-hybridized carbons (Fsp3) is 0.158. The SMILES string of the molecule is Cc1cccc(-c2nc(C#N)c(NCc3ccc4c(c3)OCO4)o2)c1. The summed E-state index contributed by atoms with van der Waals surface area (Å²) in [6.45, 7) is 2.72. The minimum Gasteiger partial charge on any atom is -0.454 e. The highest BCUT2D eigenvalue weighted by atomic mass is 16.7. The van der Waals surface area contributed by atoms with E-state index in [1.165, 1.54) is 0 Å². The lowest BCUT2D eigenvalue weighted by molar-refractivity contribution is 0.174. The number of ether oxygens (including phenoxy) is 2. The first-order valence-corrected chi connectivity index (χ1v) is 7.83. The van der Waals surface area contributed by atoms with Crippen molar-refractivity contribution in [2.75, 3.05) is 12.1 Å². The van der Waals surface area contributed by atoms with E-state index in [0.717, 1.165) is 28.2 Å². The number of nitrogens with one attached hydrogen (secondary N) is 1. The van der Waals surface area contributed by atoms with Gasteiger partial charge in [-0.15, -0.1) is 0 Å². The summed E-state index contributed by atoms with van der Waals surface area (Å²) in [5, 5.41) is 12.4. The quantitative estimate of drug-likeness (QED) is 0.781. The van der Waals surface area contributed by atoms with Crippen molar-refractivity contribution in [2.24, 2.45) is 0 Å². The van der Waals surface area contributed by atoms with Gasteiger partial charge in [0.15, 0.2) is 11.5 Å². The Labute approximate surface area is 144 Å². The third-order valence-corrected chi connectivity index (χ3v) is 3.89. The molecule has 0 atom stereocenters. The van der Waals surface area contributed by atoms with Crippen LogP contribution in [0.2, 0.25) is 0 Å². The summed E-state index contributed by atoms with van der Waals surface area (Å²) < 4.78 is 16.4. The van der Waals surface area contributed by atoms with Crippen LogP contribution in [0.3, 0.4) is 0 Å². The maximum atomic E-state index is 9.31. The largest absolute Gasteiger partial charge is 0.454 e. The van der Waals surface area contributed by atoms with Crippen LogP contribution in [0.1, 0.15) is 16.8 Å². The third kappa shape index (κ3) is 3.00. The molecule has 0 fully saturated rings. The highest BCUT2D eigenvalue weighted by Gasteiger charge is 2.16. The summed E-state index contributed by atoms with van der Waals surface area (Å²) in [7, 11) is 0. The molecule has 0 unspecified atom stereocenters. The van der Waals surface area contributed by atoms with E-state index in [1.807, 2.05) is 49.4 Å². The Morgan fingerprint density at radius 1 is 1.16 bits per heavy atom. The number of aryl methyl sites for hydroxylation is 1. The number of hydrogen-bond acceptors (Lipinski definition) is 6. The van der Waals surface area contributed by atoms with Gasteiger partial charge in [0.05, 0.1) is 0 Å². The topological polar surface area (TPSA) is 80.3 Å². The zero-order valence-electron chi connectivity index (χ0n) is 13.6. The highest BCUT2D eigenvalue weighted by Crippen LogP contribution is 2.33. The smallest absolute Gasteiger partial charge is 0.232 e. The van der Waals surface area contributed by atoms with Gasteiger partial charge in [0.1, 0.15) is 6.07 Å². The number of rotatable bonds is 4. The van der Waals surface area contributed by atoms with Crippen molar-refractivity contribution in [3.8, 4) is 29.0 Å². The molecule has 1 aliphatic heterocycles. The first-order valence-electron chi connectivity index (χ1n) is 7.83. The first-order chi connectivity index (χ1) is 12.2. The Balaban J connectivity index is 1.55. The van der Waals surface area contributed by atoms with Gasteiger partial charge in [-0.25, -0.2) is 0 Å². The van der Waals surface area contributed by atoms with Crippen LogP contribution < -0.4 is 14.8 Å². The van der Waals surface area contributed by atoms with Gasteiger partial charge < -0.3 is 19.2 Å². The van der Waals surface area contributed by atoms with Crippen molar-refractivity contribution in [2.45, 2.75) is 13.5 Å². The summed E-state index contributed by atoms with van der Waals surface area (Å²) >= 11 is 0. The lowest BCUT2D eigenvalue weighted by atomic mass is 10.1. The Morgan fingerprint density at radius 3 is 2.88 bits per heavy atom. The predicted molar refractivity (Wildman–Crippen MR) is 91.3 cm³/mol. The summed E-state index contributed by atoms with van der Waals surface area (Å²) in [5.74, 6) is 2.24. The average molecular weight is 333 g/mol. The van der Waals surface area contributed by atoms with Crippen LogP contribution in [-0.2, 0) is 6.54 Å². The van der Waals surface area contributed by atoms with E-state index in [-0.39, 0.29) is 12.5 Å². The number of nitriles is 1. The molecule has 6 nitrogen and oxygen atoms in total. The first kappa shape index (κ1) is 15.1. The second-order valence-electron chi connectivity index (χ2n) is 5.72. The summed E-state index contributed by atoms with van der Waals surface area (Å²) in [4.78, 5) is 4.28. The van der Waals surface area contributed by atoms with Crippen LogP contribution >= 0.6 is 0 Å². The molecule has 1 aliphatic rings. The minimum absolute atomic E-state index is 0.234. The molecule has 0 aliphatic carbocycles. The average Bonchev–Trinajstić information content (AvgIpc) is 3.26. The number of benzene rings is 2. The number of nitrogens with zero attached hydrogens (tertiary/aromatic N) is 2. The van der Waals surface area contributed by atoms with Gasteiger partial charge in [0, 0.05) is 12.1 Å². The molecule has 0 radical (unpaired) electrons. The summed E-state index contributed by atoms with van der Waals surface area (Å²) in [5.41, 5.74) is 3.16. The van der Waals surface area contributed by atoms with E-state index >= 15 is 0 Å². The minimum atomic E-state index is 0.234. The zero-order valence-corrected chi connectivity index (χ0v) is 13.6. The van der Waals surface area contributed by atoms with Crippen molar-refractivity contribution < 1.29 is 13.9 Å². The van der Waals surface area contributed by atoms with Gasteiger partial charge in [0.2, 0.25) is 24.3 Å². The van der Waals surface area contributed by atoms with Crippen molar-refractivity contribution >= 4 is 5.88 Å². The zero-order chi connectivity index (χ0) is 17.2. The number of fused-ring (bicyclic) bond motifs is 1. The molecule has 1 aromatic heterocycles. The fourth-order valence-electron chi connectivity index (χ4n) is 2.65. The molecule has 4 rings (SSSR count). The third-order valence-electron chi connectivity index (χ3n) is 3.89. The molecule has 0 spiro atoms. The molecule has 6 heteroatoms. The van der Waals surface area contributed by atoms with Crippen LogP contribution in [0.15, 0.2) is 46.9 Å². The molecule has 1 N–H and O–H groups in total. The fourth-order valence-corrected chi connectivity index (χ4v) is 2.65. The molecule has 0 saturated heterocycles. The van der Waals surface area contributed by atoms with Gasteiger partial charge in [-0.05, 0) is 36.8 Å². The van der Waals surface area contributed by atoms with Gasteiger partial charge in [-0.3, -0.25) is 0 Å². The monoisotopic (exact) mass is 333 g/mol. The number of hydrogen-bond donors (Lipinski definition) is 1. The second-order valence-corrected chi connectivity index (χ2v) is 5.72. The van der Waals surface area contributed by atoms with E-state index in [0.29, 0.717) is 18.3 Å².